The molecule has 2 rings (SSSR count). The van der Waals surface area contributed by atoms with Crippen LogP contribution in [0.15, 0.2) is 0 Å². The Morgan fingerprint density at radius 3 is 2.90 bits per heavy atom. The highest BCUT2D eigenvalue weighted by molar-refractivity contribution is 7.98. The molecule has 1 aliphatic carbocycles. The normalized spacial score (nSPS) is 20.8. The van der Waals surface area contributed by atoms with Gasteiger partial charge in [0.2, 0.25) is 0 Å². The molecular weight excluding hydrogens is 286 g/mol. The van der Waals surface area contributed by atoms with Crippen molar-refractivity contribution in [2.75, 3.05) is 37.0 Å². The van der Waals surface area contributed by atoms with Gasteiger partial charge in [-0.25, -0.2) is 4.98 Å². The van der Waals surface area contributed by atoms with E-state index in [0.29, 0.717) is 11.5 Å². The smallest absolute Gasteiger partial charge is 0.185 e. The summed E-state index contributed by atoms with van der Waals surface area (Å²) in [6.45, 7) is 9.00. The molecule has 1 unspecified atom stereocenters. The molecule has 1 aromatic heterocycles. The molecule has 1 atom stereocenters. The minimum atomic E-state index is 0.350. The molecule has 20 heavy (non-hydrogen) atoms. The molecule has 1 heterocycles. The summed E-state index contributed by atoms with van der Waals surface area (Å²) in [5, 5.41) is 4.82. The third-order valence-electron chi connectivity index (χ3n) is 3.84. The van der Waals surface area contributed by atoms with E-state index in [9.17, 15) is 0 Å². The first-order valence-electron chi connectivity index (χ1n) is 7.40. The third kappa shape index (κ3) is 3.68. The van der Waals surface area contributed by atoms with E-state index in [4.69, 9.17) is 4.98 Å². The summed E-state index contributed by atoms with van der Waals surface area (Å²) in [5.41, 5.74) is 1.67. The zero-order chi connectivity index (χ0) is 14.8. The number of thioether (sulfide) groups is 1. The topological polar surface area (TPSA) is 28.2 Å². The Morgan fingerprint density at radius 2 is 2.25 bits per heavy atom. The first kappa shape index (κ1) is 16.1. The second kappa shape index (κ2) is 6.67. The highest BCUT2D eigenvalue weighted by Gasteiger charge is 2.34. The lowest BCUT2D eigenvalue weighted by Crippen LogP contribution is -2.32. The highest BCUT2D eigenvalue weighted by atomic mass is 32.2. The highest BCUT2D eigenvalue weighted by Crippen LogP contribution is 2.44. The van der Waals surface area contributed by atoms with E-state index in [2.05, 4.69) is 44.3 Å². The van der Waals surface area contributed by atoms with E-state index in [-0.39, 0.29) is 0 Å². The van der Waals surface area contributed by atoms with Crippen LogP contribution in [0.5, 0.6) is 0 Å². The average molecular weight is 314 g/mol. The van der Waals surface area contributed by atoms with Crippen LogP contribution in [-0.2, 0) is 6.42 Å². The van der Waals surface area contributed by atoms with Gasteiger partial charge in [-0.05, 0) is 31.1 Å². The molecule has 0 spiro atoms. The molecule has 0 aromatic carbocycles. The lowest BCUT2D eigenvalue weighted by molar-refractivity contribution is 0.260. The summed E-state index contributed by atoms with van der Waals surface area (Å²) in [6.07, 6.45) is 4.48. The maximum atomic E-state index is 4.93. The minimum absolute atomic E-state index is 0.350. The van der Waals surface area contributed by atoms with Gasteiger partial charge in [0.05, 0.1) is 5.69 Å². The van der Waals surface area contributed by atoms with Crippen molar-refractivity contribution in [2.24, 2.45) is 5.41 Å². The predicted molar refractivity (Wildman–Crippen MR) is 92.3 cm³/mol. The number of anilines is 1. The zero-order valence-corrected chi connectivity index (χ0v) is 15.0. The summed E-state index contributed by atoms with van der Waals surface area (Å²) in [4.78, 5) is 8.70. The maximum absolute atomic E-state index is 4.93. The van der Waals surface area contributed by atoms with Gasteiger partial charge in [-0.3, -0.25) is 0 Å². The quantitative estimate of drug-likeness (QED) is 0.869. The van der Waals surface area contributed by atoms with Gasteiger partial charge in [0.15, 0.2) is 5.13 Å². The Bertz CT molecular complexity index is 442. The molecule has 1 aromatic rings. The minimum Gasteiger partial charge on any atom is -0.350 e. The summed E-state index contributed by atoms with van der Waals surface area (Å²) >= 11 is 3.78. The molecule has 0 radical (unpaired) electrons. The van der Waals surface area contributed by atoms with Gasteiger partial charge in [0.1, 0.15) is 0 Å². The number of fused-ring (bicyclic) bond motifs is 1. The van der Waals surface area contributed by atoms with Crippen molar-refractivity contribution in [3.8, 4) is 0 Å². The van der Waals surface area contributed by atoms with Crippen molar-refractivity contribution < 1.29 is 0 Å². The van der Waals surface area contributed by atoms with Crippen molar-refractivity contribution in [3.05, 3.63) is 10.6 Å². The van der Waals surface area contributed by atoms with Crippen LogP contribution in [0.1, 0.15) is 43.8 Å². The lowest BCUT2D eigenvalue weighted by atomic mass is 9.76. The van der Waals surface area contributed by atoms with E-state index in [1.165, 1.54) is 22.1 Å². The average Bonchev–Trinajstić information content (AvgIpc) is 2.78. The molecule has 0 saturated heterocycles. The number of hydrogen-bond acceptors (Lipinski definition) is 5. The molecule has 0 bridgehead atoms. The van der Waals surface area contributed by atoms with Crippen molar-refractivity contribution in [1.29, 1.82) is 0 Å². The van der Waals surface area contributed by atoms with Crippen LogP contribution in [0.25, 0.3) is 0 Å². The fourth-order valence-electron chi connectivity index (χ4n) is 2.82. The molecule has 0 amide bonds. The Morgan fingerprint density at radius 1 is 1.50 bits per heavy atom. The van der Waals surface area contributed by atoms with Gasteiger partial charge < -0.3 is 10.2 Å². The lowest BCUT2D eigenvalue weighted by Gasteiger charge is -2.34. The van der Waals surface area contributed by atoms with Crippen LogP contribution in [0.2, 0.25) is 0 Å². The summed E-state index contributed by atoms with van der Waals surface area (Å²) in [6, 6.07) is 0.485. The fraction of sp³-hybridized carbons (Fsp3) is 0.800. The molecule has 0 aliphatic heterocycles. The van der Waals surface area contributed by atoms with Crippen LogP contribution >= 0.6 is 23.1 Å². The Hall–Kier alpha value is -0.260. The first-order valence-corrected chi connectivity index (χ1v) is 9.61. The molecule has 1 N–H and O–H groups in total. The largest absolute Gasteiger partial charge is 0.350 e. The van der Waals surface area contributed by atoms with Crippen LogP contribution < -0.4 is 10.2 Å². The number of hydrogen-bond donors (Lipinski definition) is 1. The van der Waals surface area contributed by atoms with E-state index < -0.39 is 0 Å². The van der Waals surface area contributed by atoms with E-state index >= 15 is 0 Å². The Balaban J connectivity index is 2.21. The van der Waals surface area contributed by atoms with Crippen molar-refractivity contribution in [3.63, 3.8) is 0 Å². The molecular formula is C15H27N3S2. The second-order valence-electron chi connectivity index (χ2n) is 6.38. The number of thiazole rings is 1. The third-order valence-corrected chi connectivity index (χ3v) is 5.76. The van der Waals surface area contributed by atoms with Crippen LogP contribution in [0.4, 0.5) is 5.13 Å². The molecule has 5 heteroatoms. The van der Waals surface area contributed by atoms with Gasteiger partial charge >= 0.3 is 0 Å². The van der Waals surface area contributed by atoms with Crippen LogP contribution in [-0.4, -0.2) is 37.1 Å². The number of nitrogens with zero attached hydrogens (tertiary/aromatic N) is 2. The fourth-order valence-corrected chi connectivity index (χ4v) is 4.42. The van der Waals surface area contributed by atoms with Gasteiger partial charge in [-0.2, -0.15) is 11.8 Å². The molecule has 3 nitrogen and oxygen atoms in total. The first-order chi connectivity index (χ1) is 9.46. The van der Waals surface area contributed by atoms with E-state index in [0.717, 1.165) is 25.3 Å². The molecule has 114 valence electrons. The van der Waals surface area contributed by atoms with Crippen molar-refractivity contribution >= 4 is 28.2 Å². The van der Waals surface area contributed by atoms with E-state index in [1.807, 2.05) is 23.1 Å². The predicted octanol–water partition coefficient (Wildman–Crippen LogP) is 3.57. The zero-order valence-electron chi connectivity index (χ0n) is 13.3. The Labute approximate surface area is 131 Å². The summed E-state index contributed by atoms with van der Waals surface area (Å²) in [5.74, 6) is 1.16. The van der Waals surface area contributed by atoms with Gasteiger partial charge in [0, 0.05) is 30.3 Å². The van der Waals surface area contributed by atoms with Gasteiger partial charge in [-0.1, -0.05) is 32.1 Å². The summed E-state index contributed by atoms with van der Waals surface area (Å²) in [7, 11) is 2.16. The molecule has 0 saturated carbocycles. The van der Waals surface area contributed by atoms with Crippen molar-refractivity contribution in [2.45, 2.75) is 39.7 Å². The maximum Gasteiger partial charge on any atom is 0.185 e. The standard InChI is InChI=1S/C15H27N3S2/c1-6-16-11-9-15(2,3)10-12-13(11)20-14(17-12)18(4)7-8-19-5/h11,16H,6-10H2,1-5H3. The van der Waals surface area contributed by atoms with Crippen molar-refractivity contribution in [1.82, 2.24) is 10.3 Å². The molecule has 1 aliphatic rings. The Kier molecular flexibility index (Phi) is 5.37. The monoisotopic (exact) mass is 313 g/mol. The summed E-state index contributed by atoms with van der Waals surface area (Å²) < 4.78 is 0. The second-order valence-corrected chi connectivity index (χ2v) is 8.37. The number of nitrogens with one attached hydrogen (secondary N) is 1. The number of rotatable bonds is 6. The van der Waals surface area contributed by atoms with Gasteiger partial charge in [0.25, 0.3) is 0 Å². The molecule has 0 fully saturated rings. The number of aromatic nitrogens is 1. The van der Waals surface area contributed by atoms with Crippen LogP contribution in [0, 0.1) is 5.41 Å². The van der Waals surface area contributed by atoms with Crippen LogP contribution in [0.3, 0.4) is 0 Å². The van der Waals surface area contributed by atoms with Gasteiger partial charge in [-0.15, -0.1) is 0 Å². The van der Waals surface area contributed by atoms with E-state index in [1.54, 1.807) is 0 Å². The SMILES string of the molecule is CCNC1CC(C)(C)Cc2nc(N(C)CCSC)sc21.